The molecular formula is C48H84N12O27. The first kappa shape index (κ1) is 84.7. The third-order valence-corrected chi connectivity index (χ3v) is 12.8. The fourth-order valence-electron chi connectivity index (χ4n) is 8.38. The molecular weight excluding hydrogens is 1180 g/mol. The average Bonchev–Trinajstić information content (AvgIpc) is 4.13. The Morgan fingerprint density at radius 1 is 0.368 bits per heavy atom. The van der Waals surface area contributed by atoms with Gasteiger partial charge in [0.1, 0.15) is 60.4 Å². The van der Waals surface area contributed by atoms with E-state index in [4.69, 9.17) is 11.5 Å². The van der Waals surface area contributed by atoms with Gasteiger partial charge in [0.25, 0.3) is 0 Å². The molecule has 2 heterocycles. The van der Waals surface area contributed by atoms with Crippen molar-refractivity contribution in [3.8, 4) is 0 Å². The summed E-state index contributed by atoms with van der Waals surface area (Å²) in [5.41, 5.74) is 11.1. The summed E-state index contributed by atoms with van der Waals surface area (Å²) in [6.45, 7) is 0.316. The van der Waals surface area contributed by atoms with Crippen LogP contribution in [0.4, 0.5) is 0 Å². The van der Waals surface area contributed by atoms with E-state index in [2.05, 4.69) is 53.2 Å². The Labute approximate surface area is 495 Å². The largest absolute Gasteiger partial charge is 0.481 e. The smallest absolute Gasteiger partial charge is 0.326 e. The van der Waals surface area contributed by atoms with Crippen LogP contribution in [0.25, 0.3) is 0 Å². The van der Waals surface area contributed by atoms with E-state index in [1.807, 2.05) is 0 Å². The highest BCUT2D eigenvalue weighted by molar-refractivity contribution is 5.99. The predicted molar refractivity (Wildman–Crippen MR) is 294 cm³/mol. The number of carbonyl (C=O) groups excluding carboxylic acids is 10. The maximum Gasteiger partial charge on any atom is 0.326 e. The molecule has 0 saturated carbocycles. The van der Waals surface area contributed by atoms with Gasteiger partial charge in [-0.05, 0) is 90.1 Å². The molecule has 2 saturated heterocycles. The Balaban J connectivity index is -0.00000689. The van der Waals surface area contributed by atoms with Crippen LogP contribution in [0.1, 0.15) is 128 Å². The van der Waals surface area contributed by atoms with Gasteiger partial charge < -0.3 is 123 Å². The van der Waals surface area contributed by atoms with E-state index in [0.717, 1.165) is 0 Å². The first-order chi connectivity index (χ1) is 38.6. The summed E-state index contributed by atoms with van der Waals surface area (Å²) in [5, 5.41) is 80.6. The third-order valence-electron chi connectivity index (χ3n) is 12.8. The van der Waals surface area contributed by atoms with Crippen molar-refractivity contribution in [3.05, 3.63) is 0 Å². The molecule has 10 amide bonds. The van der Waals surface area contributed by atoms with Gasteiger partial charge in [0.2, 0.25) is 59.1 Å². The molecule has 39 heteroatoms. The van der Waals surface area contributed by atoms with Gasteiger partial charge in [-0.15, -0.1) is 0 Å². The molecule has 0 radical (unpaired) electrons. The summed E-state index contributed by atoms with van der Waals surface area (Å²) in [7, 11) is 0. The molecule has 30 N–H and O–H groups in total. The quantitative estimate of drug-likeness (QED) is 0.0253. The number of nitrogens with two attached hydrogens (primary N) is 2. The fourth-order valence-corrected chi connectivity index (χ4v) is 8.38. The summed E-state index contributed by atoms with van der Waals surface area (Å²) in [4.78, 5) is 204. The van der Waals surface area contributed by atoms with E-state index in [-0.39, 0.29) is 105 Å². The maximum atomic E-state index is 14.0. The molecule has 0 spiro atoms. The lowest BCUT2D eigenvalue weighted by Crippen LogP contribution is -2.59. The maximum absolute atomic E-state index is 14.0. The number of unbranched alkanes of at least 4 members (excludes halogenated alkanes) is 3. The van der Waals surface area contributed by atoms with Gasteiger partial charge in [0.15, 0.2) is 0 Å². The summed E-state index contributed by atoms with van der Waals surface area (Å²) in [6, 6.07) is -16.5. The second-order valence-electron chi connectivity index (χ2n) is 19.4. The molecule has 2 unspecified atom stereocenters. The molecule has 0 aromatic rings. The number of nitrogens with one attached hydrogen (secondary N) is 10. The summed E-state index contributed by atoms with van der Waals surface area (Å²) in [6.07, 6.45) is -5.75. The minimum Gasteiger partial charge on any atom is -0.481 e. The highest BCUT2D eigenvalue weighted by Gasteiger charge is 2.37. The van der Waals surface area contributed by atoms with Crippen molar-refractivity contribution in [1.29, 1.82) is 0 Å². The minimum absolute atomic E-state index is 0. The molecule has 10 atom stereocenters. The van der Waals surface area contributed by atoms with Crippen LogP contribution in [0.2, 0.25) is 0 Å². The van der Waals surface area contributed by atoms with E-state index in [0.29, 0.717) is 12.8 Å². The van der Waals surface area contributed by atoms with Gasteiger partial charge in [0.05, 0.1) is 12.8 Å². The normalized spacial score (nSPS) is 16.4. The number of hydrogen-bond acceptors (Lipinski definition) is 18. The highest BCUT2D eigenvalue weighted by Crippen LogP contribution is 2.14. The SMILES string of the molecule is NCCCC[C@H](NC(=O)C(CCCCC(NC(=O)[C@H](CC(=O)O)NC(=O)[C@H](CCC(=O)O)NC(=O)[C@@H]1CCC(=O)N1)C(=O)N[C@@H](CCCCN)C(=O)O)NC(=O)[C@H](CC(=O)O)NC(=O)[C@H](CCC(=O)O)NC(=O)[C@@H]1CCC(=O)N1)C(=O)O.O.O.O.O.O. The Hall–Kier alpha value is -8.76. The Bertz CT molecular complexity index is 2210. The topological polar surface area (TPSA) is 724 Å². The van der Waals surface area contributed by atoms with Crippen LogP contribution in [-0.4, -0.2) is 226 Å². The minimum atomic E-state index is -2.07. The Morgan fingerprint density at radius 3 is 0.874 bits per heavy atom. The van der Waals surface area contributed by atoms with E-state index < -0.39 is 207 Å². The van der Waals surface area contributed by atoms with E-state index >= 15 is 0 Å². The number of aliphatic carboxylic acids is 6. The third kappa shape index (κ3) is 32.4. The lowest BCUT2D eigenvalue weighted by Gasteiger charge is -2.27. The Morgan fingerprint density at radius 2 is 0.621 bits per heavy atom. The van der Waals surface area contributed by atoms with E-state index in [1.54, 1.807) is 0 Å². The van der Waals surface area contributed by atoms with Crippen molar-refractivity contribution in [3.63, 3.8) is 0 Å². The zero-order valence-corrected chi connectivity index (χ0v) is 47.2. The van der Waals surface area contributed by atoms with Crippen LogP contribution >= 0.6 is 0 Å². The molecule has 39 nitrogen and oxygen atoms in total. The molecule has 2 aliphatic rings. The van der Waals surface area contributed by atoms with Crippen molar-refractivity contribution >= 4 is 94.9 Å². The van der Waals surface area contributed by atoms with E-state index in [9.17, 15) is 107 Å². The van der Waals surface area contributed by atoms with Gasteiger partial charge in [-0.3, -0.25) is 67.1 Å². The second kappa shape index (κ2) is 43.8. The molecule has 87 heavy (non-hydrogen) atoms. The molecule has 2 aliphatic heterocycles. The van der Waals surface area contributed by atoms with Crippen molar-refractivity contribution in [2.75, 3.05) is 13.1 Å². The molecule has 0 aliphatic carbocycles. The molecule has 2 fully saturated rings. The van der Waals surface area contributed by atoms with Crippen molar-refractivity contribution in [1.82, 2.24) is 53.2 Å². The zero-order chi connectivity index (χ0) is 61.6. The Kier molecular flexibility index (Phi) is 42.6. The highest BCUT2D eigenvalue weighted by atomic mass is 16.4. The monoisotopic (exact) mass is 1260 g/mol. The van der Waals surface area contributed by atoms with Crippen LogP contribution < -0.4 is 64.6 Å². The van der Waals surface area contributed by atoms with Gasteiger partial charge >= 0.3 is 35.8 Å². The summed E-state index contributed by atoms with van der Waals surface area (Å²) in [5.74, 6) is -19.6. The van der Waals surface area contributed by atoms with Gasteiger partial charge in [-0.2, -0.15) is 0 Å². The number of amides is 10. The fraction of sp³-hybridized carbons (Fsp3) is 0.667. The zero-order valence-electron chi connectivity index (χ0n) is 47.2. The molecule has 498 valence electrons. The van der Waals surface area contributed by atoms with Crippen LogP contribution in [-0.2, 0) is 76.7 Å². The standard InChI is InChI=1S/C48H74N12O22.5H2O/c49-19-5-3-9-29(47(79)80)57-39(71)23(53-45(77)31(21-37(67)68)59-43(75)27(13-17-35(63)64)55-41(73)25-11-15-33(61)51-25)7-1-2-8-24(40(72)58-30(48(81)82)10-4-6-20-50)54-46(78)32(22-38(69)70)60-44(76)28(14-18-36(65)66)56-42(74)26-12-16-34(62)52-26;;;;;/h23-32H,1-22,49-50H2,(H,51,61)(H,52,62)(H,53,77)(H,54,78)(H,55,73)(H,56,74)(H,57,71)(H,58,72)(H,59,75)(H,60,76)(H,63,64)(H,65,66)(H,67,68)(H,69,70)(H,79,80)(H,81,82);5*1H2/t23?,24?,25-,26-,27-,28-,29-,30-,31-,32-;;;;;/m0...../s1. The average molecular weight is 1260 g/mol. The van der Waals surface area contributed by atoms with Crippen LogP contribution in [0.15, 0.2) is 0 Å². The lowest BCUT2D eigenvalue weighted by molar-refractivity contribution is -0.143. The van der Waals surface area contributed by atoms with Crippen molar-refractivity contribution in [2.45, 2.75) is 189 Å². The number of carboxylic acid groups (broad SMARTS) is 6. The first-order valence-corrected chi connectivity index (χ1v) is 26.4. The first-order valence-electron chi connectivity index (χ1n) is 26.4. The number of carbonyl (C=O) groups is 16. The van der Waals surface area contributed by atoms with Gasteiger partial charge in [-0.1, -0.05) is 12.8 Å². The lowest BCUT2D eigenvalue weighted by atomic mass is 10.0. The van der Waals surface area contributed by atoms with Crippen LogP contribution in [0.5, 0.6) is 0 Å². The summed E-state index contributed by atoms with van der Waals surface area (Å²) >= 11 is 0. The molecule has 0 aromatic carbocycles. The van der Waals surface area contributed by atoms with Gasteiger partial charge in [0, 0.05) is 25.7 Å². The summed E-state index contributed by atoms with van der Waals surface area (Å²) < 4.78 is 0. The molecule has 2 rings (SSSR count). The second-order valence-corrected chi connectivity index (χ2v) is 19.4. The van der Waals surface area contributed by atoms with Crippen LogP contribution in [0.3, 0.4) is 0 Å². The predicted octanol–water partition coefficient (Wildman–Crippen LogP) is -10.0. The number of hydrogen-bond donors (Lipinski definition) is 18. The van der Waals surface area contributed by atoms with Crippen molar-refractivity contribution < 1.29 is 135 Å². The molecule has 0 aromatic heterocycles. The van der Waals surface area contributed by atoms with Gasteiger partial charge in [-0.25, -0.2) is 9.59 Å². The van der Waals surface area contributed by atoms with E-state index in [1.165, 1.54) is 0 Å². The van der Waals surface area contributed by atoms with Crippen molar-refractivity contribution in [2.24, 2.45) is 11.5 Å². The molecule has 0 bridgehead atoms. The van der Waals surface area contributed by atoms with Crippen LogP contribution in [0, 0.1) is 0 Å². The number of rotatable bonds is 41. The number of carboxylic acids is 6.